The summed E-state index contributed by atoms with van der Waals surface area (Å²) in [6.07, 6.45) is 9.76. The largest absolute Gasteiger partial charge is 0.289 e. The highest BCUT2D eigenvalue weighted by Gasteiger charge is 2.43. The average molecular weight is 614 g/mol. The van der Waals surface area contributed by atoms with Crippen LogP contribution in [-0.2, 0) is 0 Å². The predicted octanol–water partition coefficient (Wildman–Crippen LogP) is 11.8. The van der Waals surface area contributed by atoms with Crippen LogP contribution in [0.1, 0.15) is 73.0 Å². The molecule has 0 bridgehead atoms. The first kappa shape index (κ1) is 30.8. The molecule has 0 aliphatic heterocycles. The van der Waals surface area contributed by atoms with Gasteiger partial charge in [-0.3, -0.25) is 9.78 Å². The molecular formula is C45H43NO. The maximum atomic E-state index is 14.5. The number of aromatic nitrogens is 1. The van der Waals surface area contributed by atoms with E-state index in [1.54, 1.807) is 0 Å². The van der Waals surface area contributed by atoms with Crippen molar-refractivity contribution >= 4 is 11.4 Å². The summed E-state index contributed by atoms with van der Waals surface area (Å²) in [5, 5.41) is 0. The van der Waals surface area contributed by atoms with Gasteiger partial charge in [-0.05, 0) is 130 Å². The second-order valence-corrected chi connectivity index (χ2v) is 13.5. The molecule has 4 unspecified atom stereocenters. The summed E-state index contributed by atoms with van der Waals surface area (Å²) in [6.45, 7) is 9.19. The summed E-state index contributed by atoms with van der Waals surface area (Å²) in [5.41, 5.74) is 13.3. The van der Waals surface area contributed by atoms with Crippen LogP contribution in [0.5, 0.6) is 0 Å². The maximum Gasteiger partial charge on any atom is 0.189 e. The maximum absolute atomic E-state index is 14.5. The van der Waals surface area contributed by atoms with E-state index in [-0.39, 0.29) is 11.7 Å². The van der Waals surface area contributed by atoms with Crippen LogP contribution in [0.15, 0.2) is 133 Å². The molecule has 4 atom stereocenters. The van der Waals surface area contributed by atoms with E-state index < -0.39 is 0 Å². The number of carbonyl (C=O) groups excluding carboxylic acids is 1. The molecule has 0 saturated heterocycles. The van der Waals surface area contributed by atoms with Gasteiger partial charge in [-0.25, -0.2) is 0 Å². The molecule has 0 radical (unpaired) electrons. The first-order chi connectivity index (χ1) is 22.9. The lowest BCUT2D eigenvalue weighted by Gasteiger charge is -2.26. The highest BCUT2D eigenvalue weighted by Crippen LogP contribution is 2.52. The number of Topliss-reactive ketones (excluding diaryl/α,β-unsaturated/α-hetero) is 1. The van der Waals surface area contributed by atoms with Crippen molar-refractivity contribution < 1.29 is 4.79 Å². The smallest absolute Gasteiger partial charge is 0.189 e. The Morgan fingerprint density at radius 3 is 2.02 bits per heavy atom. The molecule has 0 spiro atoms. The van der Waals surface area contributed by atoms with Gasteiger partial charge in [-0.1, -0.05) is 106 Å². The van der Waals surface area contributed by atoms with E-state index in [0.29, 0.717) is 17.8 Å². The molecule has 2 aliphatic rings. The van der Waals surface area contributed by atoms with Crippen molar-refractivity contribution in [2.75, 3.05) is 0 Å². The quantitative estimate of drug-likeness (QED) is 0.147. The van der Waals surface area contributed by atoms with E-state index in [1.807, 2.05) is 24.4 Å². The zero-order chi connectivity index (χ0) is 32.5. The van der Waals surface area contributed by atoms with Crippen LogP contribution in [0.4, 0.5) is 0 Å². The number of ketones is 1. The Kier molecular flexibility index (Phi) is 8.60. The fraction of sp³-hybridized carbons (Fsp3) is 0.244. The molecule has 1 aromatic heterocycles. The number of carbonyl (C=O) groups is 1. The molecule has 0 amide bonds. The number of allylic oxidation sites excluding steroid dienone is 4. The zero-order valence-electron chi connectivity index (χ0n) is 27.9. The summed E-state index contributed by atoms with van der Waals surface area (Å²) in [5.74, 6) is 1.86. The number of aryl methyl sites for hydroxylation is 1. The van der Waals surface area contributed by atoms with E-state index in [2.05, 4.69) is 131 Å². The standard InChI is InChI=1S/C45H43NO/c1-5-29(3)38(6-2)41-21-30(4)39(28-42(41)44-19-13-14-20-46-44)35-25-36-26-40(36)43(27-35)45(47)37-23-33(31-15-9-7-10-16-31)22-34(24-37)32-17-11-8-12-18-32/h7-25,27-29,36,38,40H,5-6,26H2,1-4H3. The minimum atomic E-state index is 0.139. The summed E-state index contributed by atoms with van der Waals surface area (Å²) in [4.78, 5) is 19.3. The number of fused-ring (bicyclic) bond motifs is 1. The molecule has 5 aromatic rings. The van der Waals surface area contributed by atoms with Gasteiger partial charge in [-0.15, -0.1) is 0 Å². The van der Waals surface area contributed by atoms with E-state index in [9.17, 15) is 4.79 Å². The zero-order valence-corrected chi connectivity index (χ0v) is 27.9. The van der Waals surface area contributed by atoms with Crippen LogP contribution < -0.4 is 0 Å². The highest BCUT2D eigenvalue weighted by atomic mass is 16.1. The topological polar surface area (TPSA) is 30.0 Å². The van der Waals surface area contributed by atoms with Gasteiger partial charge in [0.2, 0.25) is 0 Å². The van der Waals surface area contributed by atoms with Crippen molar-refractivity contribution in [3.05, 3.63) is 155 Å². The van der Waals surface area contributed by atoms with E-state index in [1.165, 1.54) is 22.3 Å². The van der Waals surface area contributed by atoms with Gasteiger partial charge in [0.1, 0.15) is 0 Å². The van der Waals surface area contributed by atoms with Crippen LogP contribution in [0.25, 0.3) is 39.1 Å². The van der Waals surface area contributed by atoms with Crippen molar-refractivity contribution in [2.24, 2.45) is 17.8 Å². The molecular weight excluding hydrogens is 571 g/mol. The average Bonchev–Trinajstić information content (AvgIpc) is 3.92. The van der Waals surface area contributed by atoms with Gasteiger partial charge in [0.15, 0.2) is 5.78 Å². The summed E-state index contributed by atoms with van der Waals surface area (Å²) < 4.78 is 0. The van der Waals surface area contributed by atoms with Crippen molar-refractivity contribution in [1.82, 2.24) is 4.98 Å². The lowest BCUT2D eigenvalue weighted by molar-refractivity contribution is 0.102. The molecule has 4 aromatic carbocycles. The lowest BCUT2D eigenvalue weighted by Crippen LogP contribution is -2.12. The third-order valence-corrected chi connectivity index (χ3v) is 10.4. The normalized spacial score (nSPS) is 18.0. The second kappa shape index (κ2) is 13.1. The number of benzene rings is 4. The fourth-order valence-corrected chi connectivity index (χ4v) is 7.54. The number of rotatable bonds is 10. The Bertz CT molecular complexity index is 1910. The Morgan fingerprint density at radius 1 is 0.766 bits per heavy atom. The SMILES string of the molecule is CCC(C)C(CC)c1cc(C)c(C2=CC3CC3C(C(=O)c3cc(-c4ccccc4)cc(-c4ccccc4)c3)=C2)cc1-c1ccccn1. The van der Waals surface area contributed by atoms with Gasteiger partial charge in [-0.2, -0.15) is 0 Å². The van der Waals surface area contributed by atoms with Crippen LogP contribution in [0, 0.1) is 24.7 Å². The molecule has 234 valence electrons. The Hall–Kier alpha value is -4.82. The van der Waals surface area contributed by atoms with Gasteiger partial charge in [0, 0.05) is 22.9 Å². The molecule has 47 heavy (non-hydrogen) atoms. The third kappa shape index (κ3) is 6.17. The van der Waals surface area contributed by atoms with Crippen LogP contribution in [0.2, 0.25) is 0 Å². The van der Waals surface area contributed by atoms with Gasteiger partial charge in [0.25, 0.3) is 0 Å². The molecule has 7 rings (SSSR count). The minimum Gasteiger partial charge on any atom is -0.289 e. The fourth-order valence-electron chi connectivity index (χ4n) is 7.54. The molecule has 2 nitrogen and oxygen atoms in total. The number of hydrogen-bond acceptors (Lipinski definition) is 2. The number of hydrogen-bond donors (Lipinski definition) is 0. The summed E-state index contributed by atoms with van der Waals surface area (Å²) >= 11 is 0. The molecule has 2 heteroatoms. The molecule has 1 heterocycles. The molecule has 1 saturated carbocycles. The van der Waals surface area contributed by atoms with Crippen molar-refractivity contribution in [2.45, 2.75) is 52.9 Å². The van der Waals surface area contributed by atoms with Crippen LogP contribution in [0.3, 0.4) is 0 Å². The molecule has 1 fully saturated rings. The second-order valence-electron chi connectivity index (χ2n) is 13.5. The minimum absolute atomic E-state index is 0.139. The van der Waals surface area contributed by atoms with Gasteiger partial charge in [0.05, 0.1) is 5.69 Å². The van der Waals surface area contributed by atoms with E-state index >= 15 is 0 Å². The molecule has 0 N–H and O–H groups in total. The summed E-state index contributed by atoms with van der Waals surface area (Å²) in [7, 11) is 0. The first-order valence-electron chi connectivity index (χ1n) is 17.3. The predicted molar refractivity (Wildman–Crippen MR) is 196 cm³/mol. The lowest BCUT2D eigenvalue weighted by atomic mass is 9.78. The van der Waals surface area contributed by atoms with E-state index in [4.69, 9.17) is 4.98 Å². The van der Waals surface area contributed by atoms with Gasteiger partial charge < -0.3 is 0 Å². The molecule has 2 aliphatic carbocycles. The Balaban J connectivity index is 1.32. The van der Waals surface area contributed by atoms with Crippen molar-refractivity contribution in [3.63, 3.8) is 0 Å². The van der Waals surface area contributed by atoms with E-state index in [0.717, 1.165) is 63.9 Å². The highest BCUT2D eigenvalue weighted by molar-refractivity contribution is 6.12. The van der Waals surface area contributed by atoms with Gasteiger partial charge >= 0.3 is 0 Å². The number of nitrogens with zero attached hydrogens (tertiary/aromatic N) is 1. The Labute approximate surface area is 279 Å². The first-order valence-corrected chi connectivity index (χ1v) is 17.3. The van der Waals surface area contributed by atoms with Crippen LogP contribution in [-0.4, -0.2) is 10.8 Å². The summed E-state index contributed by atoms with van der Waals surface area (Å²) in [6, 6.07) is 38.1. The van der Waals surface area contributed by atoms with Crippen LogP contribution >= 0.6 is 0 Å². The van der Waals surface area contributed by atoms with Crippen molar-refractivity contribution in [1.29, 1.82) is 0 Å². The van der Waals surface area contributed by atoms with Crippen molar-refractivity contribution in [3.8, 4) is 33.5 Å². The third-order valence-electron chi connectivity index (χ3n) is 10.4. The monoisotopic (exact) mass is 613 g/mol. The number of pyridine rings is 1. The Morgan fingerprint density at radius 2 is 1.43 bits per heavy atom.